The van der Waals surface area contributed by atoms with Gasteiger partial charge in [0, 0.05) is 11.8 Å². The number of nitriles is 1. The van der Waals surface area contributed by atoms with Gasteiger partial charge in [0.2, 0.25) is 0 Å². The van der Waals surface area contributed by atoms with Gasteiger partial charge >= 0.3 is 0 Å². The highest BCUT2D eigenvalue weighted by Gasteiger charge is 2.52. The molecule has 0 atom stereocenters. The van der Waals surface area contributed by atoms with Crippen LogP contribution in [0.1, 0.15) is 27.8 Å². The number of nitrogens with zero attached hydrogens (tertiary/aromatic N) is 2. The molecule has 1 heterocycles. The van der Waals surface area contributed by atoms with Gasteiger partial charge in [0.25, 0.3) is 0 Å². The van der Waals surface area contributed by atoms with E-state index >= 15 is 0 Å². The minimum Gasteiger partial charge on any atom is -0.256 e. The molecule has 0 unspecified atom stereocenters. The van der Waals surface area contributed by atoms with Crippen LogP contribution in [0.4, 0.5) is 0 Å². The summed E-state index contributed by atoms with van der Waals surface area (Å²) in [6.07, 6.45) is 1.71. The Morgan fingerprint density at radius 2 is 1.13 bits per heavy atom. The summed E-state index contributed by atoms with van der Waals surface area (Å²) in [6, 6.07) is 57.3. The van der Waals surface area contributed by atoms with Crippen LogP contribution in [0.3, 0.4) is 0 Å². The van der Waals surface area contributed by atoms with Crippen LogP contribution in [0.15, 0.2) is 158 Å². The van der Waals surface area contributed by atoms with Crippen LogP contribution in [-0.2, 0) is 5.41 Å². The van der Waals surface area contributed by atoms with Gasteiger partial charge in [-0.2, -0.15) is 5.26 Å². The number of pyridine rings is 1. The van der Waals surface area contributed by atoms with Crippen molar-refractivity contribution in [2.75, 3.05) is 0 Å². The second-order valence-corrected chi connectivity index (χ2v) is 12.6. The van der Waals surface area contributed by atoms with Crippen LogP contribution in [0.25, 0.3) is 66.2 Å². The van der Waals surface area contributed by atoms with Gasteiger partial charge < -0.3 is 0 Å². The Bertz CT molecular complexity index is 2610. The van der Waals surface area contributed by atoms with E-state index in [4.69, 9.17) is 0 Å². The van der Waals surface area contributed by atoms with Crippen LogP contribution >= 0.6 is 0 Å². The molecule has 0 saturated carbocycles. The van der Waals surface area contributed by atoms with Gasteiger partial charge in [-0.3, -0.25) is 4.98 Å². The van der Waals surface area contributed by atoms with E-state index in [1.807, 2.05) is 6.07 Å². The predicted molar refractivity (Wildman–Crippen MR) is 191 cm³/mol. The molecule has 2 aliphatic carbocycles. The molecule has 2 aliphatic rings. The summed E-state index contributed by atoms with van der Waals surface area (Å²) in [5, 5.41) is 14.6. The molecular formula is C45H26N2. The normalized spacial score (nSPS) is 13.3. The first-order valence-corrected chi connectivity index (χ1v) is 16.0. The molecule has 10 rings (SSSR count). The van der Waals surface area contributed by atoms with E-state index in [1.165, 1.54) is 71.6 Å². The number of hydrogen-bond donors (Lipinski definition) is 0. The molecule has 1 aromatic heterocycles. The Kier molecular flexibility index (Phi) is 5.30. The molecule has 7 aromatic carbocycles. The van der Waals surface area contributed by atoms with Crippen LogP contribution in [0.5, 0.6) is 0 Å². The van der Waals surface area contributed by atoms with Crippen LogP contribution < -0.4 is 0 Å². The minimum absolute atomic E-state index is 0.457. The summed E-state index contributed by atoms with van der Waals surface area (Å²) in [6.45, 7) is 0. The number of aromatic nitrogens is 1. The summed E-state index contributed by atoms with van der Waals surface area (Å²) in [7, 11) is 0. The zero-order valence-corrected chi connectivity index (χ0v) is 25.4. The van der Waals surface area contributed by atoms with Gasteiger partial charge in [0.15, 0.2) is 0 Å². The monoisotopic (exact) mass is 594 g/mol. The van der Waals surface area contributed by atoms with Gasteiger partial charge in [0.05, 0.1) is 22.7 Å². The quantitative estimate of drug-likeness (QED) is 0.200. The lowest BCUT2D eigenvalue weighted by Crippen LogP contribution is -2.26. The average Bonchev–Trinajstić information content (AvgIpc) is 3.62. The maximum absolute atomic E-state index is 9.55. The summed E-state index contributed by atoms with van der Waals surface area (Å²) in [5.74, 6) is 0. The fraction of sp³-hybridized carbons (Fsp3) is 0.0222. The average molecular weight is 595 g/mol. The van der Waals surface area contributed by atoms with E-state index in [-0.39, 0.29) is 0 Å². The third kappa shape index (κ3) is 3.41. The van der Waals surface area contributed by atoms with Gasteiger partial charge in [-0.25, -0.2) is 0 Å². The Balaban J connectivity index is 1.36. The standard InChI is InChI=1S/C45H26N2/c46-27-28-22-23-47-42(24-28)31-12-9-11-30(25-31)37-26-41-44(36-17-4-3-14-33(36)37)43-32-13-2-1-10-29(32)20-21-40(43)45(41)38-18-7-5-15-34(38)35-16-6-8-19-39(35)45/h1-26H. The highest BCUT2D eigenvalue weighted by Crippen LogP contribution is 2.65. The van der Waals surface area contributed by atoms with Crippen LogP contribution in [0.2, 0.25) is 0 Å². The van der Waals surface area contributed by atoms with Gasteiger partial charge in [-0.15, -0.1) is 0 Å². The third-order valence-electron chi connectivity index (χ3n) is 10.3. The lowest BCUT2D eigenvalue weighted by atomic mass is 9.70. The van der Waals surface area contributed by atoms with E-state index < -0.39 is 5.41 Å². The van der Waals surface area contributed by atoms with Crippen molar-refractivity contribution in [1.82, 2.24) is 4.98 Å². The highest BCUT2D eigenvalue weighted by atomic mass is 14.7. The molecule has 0 fully saturated rings. The highest BCUT2D eigenvalue weighted by molar-refractivity contribution is 6.16. The summed E-state index contributed by atoms with van der Waals surface area (Å²) < 4.78 is 0. The molecule has 216 valence electrons. The van der Waals surface area contributed by atoms with Crippen molar-refractivity contribution >= 4 is 21.5 Å². The van der Waals surface area contributed by atoms with E-state index in [0.717, 1.165) is 16.8 Å². The topological polar surface area (TPSA) is 36.7 Å². The maximum atomic E-state index is 9.55. The Morgan fingerprint density at radius 3 is 1.91 bits per heavy atom. The lowest BCUT2D eigenvalue weighted by molar-refractivity contribution is 0.795. The van der Waals surface area contributed by atoms with Gasteiger partial charge in [-0.1, -0.05) is 127 Å². The largest absolute Gasteiger partial charge is 0.256 e. The molecule has 2 nitrogen and oxygen atoms in total. The van der Waals surface area contributed by atoms with Crippen LogP contribution in [-0.4, -0.2) is 4.98 Å². The molecule has 0 bridgehead atoms. The molecule has 0 aliphatic heterocycles. The molecular weight excluding hydrogens is 569 g/mol. The third-order valence-corrected chi connectivity index (χ3v) is 10.3. The summed E-state index contributed by atoms with van der Waals surface area (Å²) in [4.78, 5) is 4.63. The molecule has 2 heteroatoms. The molecule has 0 saturated heterocycles. The van der Waals surface area contributed by atoms with Gasteiger partial charge in [0.1, 0.15) is 0 Å². The molecule has 0 N–H and O–H groups in total. The minimum atomic E-state index is -0.457. The Hall–Kier alpha value is -6.30. The zero-order valence-electron chi connectivity index (χ0n) is 25.4. The fourth-order valence-corrected chi connectivity index (χ4v) is 8.50. The molecule has 8 aromatic rings. The number of fused-ring (bicyclic) bond motifs is 14. The summed E-state index contributed by atoms with van der Waals surface area (Å²) in [5.41, 5.74) is 14.9. The van der Waals surface area contributed by atoms with Crippen molar-refractivity contribution < 1.29 is 0 Å². The second-order valence-electron chi connectivity index (χ2n) is 12.6. The Labute approximate surface area is 272 Å². The maximum Gasteiger partial charge on any atom is 0.0992 e. The van der Waals surface area contributed by atoms with E-state index in [0.29, 0.717) is 5.56 Å². The van der Waals surface area contributed by atoms with Crippen molar-refractivity contribution in [3.8, 4) is 50.7 Å². The van der Waals surface area contributed by atoms with Gasteiger partial charge in [-0.05, 0) is 101 Å². The van der Waals surface area contributed by atoms with Crippen molar-refractivity contribution in [2.24, 2.45) is 0 Å². The Morgan fingerprint density at radius 1 is 0.468 bits per heavy atom. The SMILES string of the molecule is N#Cc1ccnc(-c2cccc(-c3cc4c(c5ccccc35)-c3c(ccc5ccccc35)C43c4ccccc4-c4ccccc43)c2)c1. The van der Waals surface area contributed by atoms with Crippen molar-refractivity contribution in [1.29, 1.82) is 5.26 Å². The summed E-state index contributed by atoms with van der Waals surface area (Å²) >= 11 is 0. The molecule has 0 radical (unpaired) electrons. The smallest absolute Gasteiger partial charge is 0.0992 e. The number of hydrogen-bond acceptors (Lipinski definition) is 2. The van der Waals surface area contributed by atoms with Crippen molar-refractivity contribution in [3.63, 3.8) is 0 Å². The first kappa shape index (κ1) is 26.0. The second kappa shape index (κ2) is 9.60. The van der Waals surface area contributed by atoms with Crippen molar-refractivity contribution in [2.45, 2.75) is 5.41 Å². The van der Waals surface area contributed by atoms with E-state index in [2.05, 4.69) is 151 Å². The van der Waals surface area contributed by atoms with E-state index in [9.17, 15) is 5.26 Å². The first-order valence-electron chi connectivity index (χ1n) is 16.0. The number of rotatable bonds is 2. The molecule has 47 heavy (non-hydrogen) atoms. The first-order chi connectivity index (χ1) is 23.3. The van der Waals surface area contributed by atoms with E-state index in [1.54, 1.807) is 12.3 Å². The molecule has 0 amide bonds. The number of benzene rings is 7. The fourth-order valence-electron chi connectivity index (χ4n) is 8.50. The predicted octanol–water partition coefficient (Wildman–Crippen LogP) is 10.9. The zero-order chi connectivity index (χ0) is 31.1. The lowest BCUT2D eigenvalue weighted by Gasteiger charge is -2.31. The van der Waals surface area contributed by atoms with Crippen molar-refractivity contribution in [3.05, 3.63) is 186 Å². The van der Waals surface area contributed by atoms with Crippen LogP contribution in [0, 0.1) is 11.3 Å². The molecule has 1 spiro atoms.